The maximum Gasteiger partial charge on any atom is 0.168 e. The lowest BCUT2D eigenvalue weighted by atomic mass is 10.2. The van der Waals surface area contributed by atoms with Crippen LogP contribution in [0.15, 0.2) is 12.4 Å². The molecule has 2 heterocycles. The van der Waals surface area contributed by atoms with Gasteiger partial charge in [0.2, 0.25) is 0 Å². The van der Waals surface area contributed by atoms with Gasteiger partial charge in [-0.25, -0.2) is 9.97 Å². The maximum atomic E-state index is 4.61. The summed E-state index contributed by atoms with van der Waals surface area (Å²) in [5, 5.41) is 4.41. The zero-order chi connectivity index (χ0) is 12.4. The SMILES string of the molecule is CCNC(C)c1sc(-c2nccn2C)nc1C. The van der Waals surface area contributed by atoms with E-state index in [2.05, 4.69) is 36.1 Å². The maximum absolute atomic E-state index is 4.61. The highest BCUT2D eigenvalue weighted by Crippen LogP contribution is 2.30. The first kappa shape index (κ1) is 12.3. The van der Waals surface area contributed by atoms with Gasteiger partial charge in [-0.15, -0.1) is 11.3 Å². The van der Waals surface area contributed by atoms with Gasteiger partial charge >= 0.3 is 0 Å². The third kappa shape index (κ3) is 2.40. The lowest BCUT2D eigenvalue weighted by molar-refractivity contribution is 0.603. The molecule has 0 aromatic carbocycles. The molecule has 0 fully saturated rings. The monoisotopic (exact) mass is 250 g/mol. The summed E-state index contributed by atoms with van der Waals surface area (Å²) in [5.74, 6) is 0.938. The number of thiazole rings is 1. The van der Waals surface area contributed by atoms with Crippen LogP contribution in [0.4, 0.5) is 0 Å². The molecule has 5 heteroatoms. The molecular formula is C12H18N4S. The van der Waals surface area contributed by atoms with Crippen molar-refractivity contribution in [2.75, 3.05) is 6.54 Å². The predicted octanol–water partition coefficient (Wildman–Crippen LogP) is 2.52. The van der Waals surface area contributed by atoms with Crippen molar-refractivity contribution in [2.45, 2.75) is 26.8 Å². The van der Waals surface area contributed by atoms with Gasteiger partial charge in [-0.1, -0.05) is 6.92 Å². The molecule has 0 saturated carbocycles. The molecular weight excluding hydrogens is 232 g/mol. The van der Waals surface area contributed by atoms with Crippen molar-refractivity contribution >= 4 is 11.3 Å². The van der Waals surface area contributed by atoms with Gasteiger partial charge < -0.3 is 9.88 Å². The summed E-state index contributed by atoms with van der Waals surface area (Å²) >= 11 is 1.72. The van der Waals surface area contributed by atoms with Crippen LogP contribution in [0.3, 0.4) is 0 Å². The number of aromatic nitrogens is 3. The normalized spacial score (nSPS) is 12.9. The zero-order valence-corrected chi connectivity index (χ0v) is 11.5. The Labute approximate surface area is 106 Å². The van der Waals surface area contributed by atoms with Gasteiger partial charge in [0.05, 0.1) is 5.69 Å². The highest BCUT2D eigenvalue weighted by Gasteiger charge is 2.16. The van der Waals surface area contributed by atoms with E-state index in [0.29, 0.717) is 6.04 Å². The quantitative estimate of drug-likeness (QED) is 0.906. The topological polar surface area (TPSA) is 42.7 Å². The average molecular weight is 250 g/mol. The predicted molar refractivity (Wildman–Crippen MR) is 71.1 cm³/mol. The Morgan fingerprint density at radius 1 is 1.53 bits per heavy atom. The molecule has 0 aliphatic rings. The average Bonchev–Trinajstić information content (AvgIpc) is 2.84. The van der Waals surface area contributed by atoms with Crippen LogP contribution in [0.2, 0.25) is 0 Å². The van der Waals surface area contributed by atoms with Crippen molar-refractivity contribution in [3.8, 4) is 10.8 Å². The Bertz CT molecular complexity index is 500. The number of imidazole rings is 1. The largest absolute Gasteiger partial charge is 0.332 e. The lowest BCUT2D eigenvalue weighted by Crippen LogP contribution is -2.17. The molecule has 0 spiro atoms. The number of rotatable bonds is 4. The van der Waals surface area contributed by atoms with E-state index in [0.717, 1.165) is 23.1 Å². The van der Waals surface area contributed by atoms with Crippen LogP contribution in [0, 0.1) is 6.92 Å². The second-order valence-electron chi connectivity index (χ2n) is 4.11. The standard InChI is InChI=1S/C12H18N4S/c1-5-13-8(2)10-9(3)15-12(17-10)11-14-6-7-16(11)4/h6-8,13H,5H2,1-4H3. The minimum atomic E-state index is 0.353. The Kier molecular flexibility index (Phi) is 3.59. The highest BCUT2D eigenvalue weighted by molar-refractivity contribution is 7.15. The molecule has 4 nitrogen and oxygen atoms in total. The van der Waals surface area contributed by atoms with Gasteiger partial charge in [0.25, 0.3) is 0 Å². The number of hydrogen-bond donors (Lipinski definition) is 1. The second-order valence-corrected chi connectivity index (χ2v) is 5.14. The minimum absolute atomic E-state index is 0.353. The van der Waals surface area contributed by atoms with E-state index in [9.17, 15) is 0 Å². The summed E-state index contributed by atoms with van der Waals surface area (Å²) < 4.78 is 2.00. The molecule has 17 heavy (non-hydrogen) atoms. The highest BCUT2D eigenvalue weighted by atomic mass is 32.1. The number of hydrogen-bond acceptors (Lipinski definition) is 4. The first-order valence-electron chi connectivity index (χ1n) is 5.81. The molecule has 0 aliphatic carbocycles. The van der Waals surface area contributed by atoms with Crippen molar-refractivity contribution in [2.24, 2.45) is 7.05 Å². The molecule has 2 rings (SSSR count). The Morgan fingerprint density at radius 3 is 2.88 bits per heavy atom. The summed E-state index contributed by atoms with van der Waals surface area (Å²) in [6.45, 7) is 7.32. The molecule has 0 saturated heterocycles. The first-order valence-corrected chi connectivity index (χ1v) is 6.63. The number of aryl methyl sites for hydroxylation is 2. The molecule has 1 atom stereocenters. The molecule has 0 amide bonds. The van der Waals surface area contributed by atoms with Gasteiger partial charge in [-0.3, -0.25) is 0 Å². The molecule has 1 N–H and O–H groups in total. The van der Waals surface area contributed by atoms with Crippen molar-refractivity contribution in [3.63, 3.8) is 0 Å². The Balaban J connectivity index is 2.34. The number of nitrogens with zero attached hydrogens (tertiary/aromatic N) is 3. The fraction of sp³-hybridized carbons (Fsp3) is 0.500. The van der Waals surface area contributed by atoms with Crippen LogP contribution in [0.1, 0.15) is 30.5 Å². The third-order valence-corrected chi connectivity index (χ3v) is 4.08. The van der Waals surface area contributed by atoms with Crippen LogP contribution >= 0.6 is 11.3 Å². The third-order valence-electron chi connectivity index (χ3n) is 2.75. The van der Waals surface area contributed by atoms with Crippen molar-refractivity contribution in [1.82, 2.24) is 19.9 Å². The van der Waals surface area contributed by atoms with Crippen LogP contribution < -0.4 is 5.32 Å². The van der Waals surface area contributed by atoms with E-state index in [1.165, 1.54) is 4.88 Å². The van der Waals surface area contributed by atoms with E-state index in [1.54, 1.807) is 17.5 Å². The molecule has 0 radical (unpaired) electrons. The van der Waals surface area contributed by atoms with E-state index in [4.69, 9.17) is 0 Å². The second kappa shape index (κ2) is 4.98. The van der Waals surface area contributed by atoms with Crippen LogP contribution in [0.25, 0.3) is 10.8 Å². The Hall–Kier alpha value is -1.20. The molecule has 2 aromatic rings. The zero-order valence-electron chi connectivity index (χ0n) is 10.7. The van der Waals surface area contributed by atoms with E-state index in [1.807, 2.05) is 17.8 Å². The Morgan fingerprint density at radius 2 is 2.29 bits per heavy atom. The smallest absolute Gasteiger partial charge is 0.168 e. The van der Waals surface area contributed by atoms with Gasteiger partial charge in [0, 0.05) is 30.4 Å². The van der Waals surface area contributed by atoms with Crippen LogP contribution in [-0.4, -0.2) is 21.1 Å². The van der Waals surface area contributed by atoms with Gasteiger partial charge in [0.1, 0.15) is 0 Å². The molecule has 92 valence electrons. The van der Waals surface area contributed by atoms with Crippen molar-refractivity contribution in [3.05, 3.63) is 23.0 Å². The molecule has 1 unspecified atom stereocenters. The summed E-state index contributed by atoms with van der Waals surface area (Å²) in [6.07, 6.45) is 3.75. The van der Waals surface area contributed by atoms with Gasteiger partial charge in [-0.2, -0.15) is 0 Å². The molecule has 0 aliphatic heterocycles. The molecule has 2 aromatic heterocycles. The lowest BCUT2D eigenvalue weighted by Gasteiger charge is -2.09. The summed E-state index contributed by atoms with van der Waals surface area (Å²) in [4.78, 5) is 10.2. The summed E-state index contributed by atoms with van der Waals surface area (Å²) in [7, 11) is 1.99. The minimum Gasteiger partial charge on any atom is -0.332 e. The van der Waals surface area contributed by atoms with Crippen molar-refractivity contribution in [1.29, 1.82) is 0 Å². The summed E-state index contributed by atoms with van der Waals surface area (Å²) in [6, 6.07) is 0.353. The van der Waals surface area contributed by atoms with E-state index >= 15 is 0 Å². The van der Waals surface area contributed by atoms with Crippen LogP contribution in [-0.2, 0) is 7.05 Å². The van der Waals surface area contributed by atoms with Gasteiger partial charge in [0.15, 0.2) is 10.8 Å². The van der Waals surface area contributed by atoms with Crippen molar-refractivity contribution < 1.29 is 0 Å². The van der Waals surface area contributed by atoms with Gasteiger partial charge in [-0.05, 0) is 20.4 Å². The van der Waals surface area contributed by atoms with E-state index in [-0.39, 0.29) is 0 Å². The number of nitrogens with one attached hydrogen (secondary N) is 1. The van der Waals surface area contributed by atoms with Crippen LogP contribution in [0.5, 0.6) is 0 Å². The molecule has 0 bridgehead atoms. The fourth-order valence-corrected chi connectivity index (χ4v) is 3.01. The summed E-state index contributed by atoms with van der Waals surface area (Å²) in [5.41, 5.74) is 1.10. The van der Waals surface area contributed by atoms with E-state index < -0.39 is 0 Å². The fourth-order valence-electron chi connectivity index (χ4n) is 1.88. The first-order chi connectivity index (χ1) is 8.13.